The number of unbranched alkanes of at least 4 members (excludes halogenated alkanes) is 1. The maximum Gasteiger partial charge on any atom is 0.240 e. The van der Waals surface area contributed by atoms with E-state index >= 15 is 0 Å². The van der Waals surface area contributed by atoms with E-state index in [0.717, 1.165) is 12.8 Å². The number of benzene rings is 1. The molecule has 2 aromatic rings. The van der Waals surface area contributed by atoms with Gasteiger partial charge in [-0.1, -0.05) is 6.08 Å². The molecule has 0 fully saturated rings. The summed E-state index contributed by atoms with van der Waals surface area (Å²) in [6.07, 6.45) is 5.07. The van der Waals surface area contributed by atoms with Crippen molar-refractivity contribution in [1.82, 2.24) is 4.98 Å². The van der Waals surface area contributed by atoms with E-state index < -0.39 is 10.0 Å². The van der Waals surface area contributed by atoms with Crippen molar-refractivity contribution in [2.45, 2.75) is 17.7 Å². The number of hydrogen-bond donors (Lipinski definition) is 1. The van der Waals surface area contributed by atoms with Crippen molar-refractivity contribution in [3.63, 3.8) is 0 Å². The van der Waals surface area contributed by atoms with Crippen LogP contribution in [0, 0.1) is 0 Å². The number of primary sulfonamides is 1. The Bertz CT molecular complexity index is 726. The van der Waals surface area contributed by atoms with Crippen LogP contribution in [0.1, 0.15) is 12.8 Å². The zero-order valence-corrected chi connectivity index (χ0v) is 11.8. The van der Waals surface area contributed by atoms with Crippen molar-refractivity contribution >= 4 is 20.9 Å². The van der Waals surface area contributed by atoms with E-state index in [2.05, 4.69) is 11.6 Å². The highest BCUT2D eigenvalue weighted by Gasteiger charge is 2.15. The van der Waals surface area contributed by atoms with Crippen LogP contribution in [0.2, 0.25) is 0 Å². The Morgan fingerprint density at radius 1 is 1.35 bits per heavy atom. The fourth-order valence-electron chi connectivity index (χ4n) is 1.89. The van der Waals surface area contributed by atoms with Crippen LogP contribution in [-0.2, 0) is 10.0 Å². The summed E-state index contributed by atoms with van der Waals surface area (Å²) in [5.74, 6) is 0.601. The van der Waals surface area contributed by atoms with Gasteiger partial charge < -0.3 is 4.74 Å². The van der Waals surface area contributed by atoms with Crippen LogP contribution in [0.4, 0.5) is 0 Å². The van der Waals surface area contributed by atoms with Gasteiger partial charge in [-0.15, -0.1) is 6.58 Å². The smallest absolute Gasteiger partial charge is 0.240 e. The SMILES string of the molecule is C=CCCCOc1ccc(S(N)(=O)=O)c2ncccc12. The van der Waals surface area contributed by atoms with Crippen LogP contribution in [-0.4, -0.2) is 20.0 Å². The predicted octanol–water partition coefficient (Wildman–Crippen LogP) is 2.23. The Balaban J connectivity index is 2.41. The normalized spacial score (nSPS) is 11.4. The molecule has 0 atom stereocenters. The highest BCUT2D eigenvalue weighted by molar-refractivity contribution is 7.89. The molecule has 20 heavy (non-hydrogen) atoms. The second-order valence-corrected chi connectivity index (χ2v) is 5.82. The highest BCUT2D eigenvalue weighted by atomic mass is 32.2. The van der Waals surface area contributed by atoms with Crippen molar-refractivity contribution in [1.29, 1.82) is 0 Å². The summed E-state index contributed by atoms with van der Waals surface area (Å²) in [6.45, 7) is 4.18. The predicted molar refractivity (Wildman–Crippen MR) is 78.0 cm³/mol. The van der Waals surface area contributed by atoms with Gasteiger partial charge in [-0.25, -0.2) is 13.6 Å². The monoisotopic (exact) mass is 292 g/mol. The number of allylic oxidation sites excluding steroid dienone is 1. The molecule has 0 aliphatic rings. The first-order valence-electron chi connectivity index (χ1n) is 6.18. The minimum absolute atomic E-state index is 0.00606. The summed E-state index contributed by atoms with van der Waals surface area (Å²) in [6, 6.07) is 6.52. The molecule has 0 amide bonds. The number of aromatic nitrogens is 1. The van der Waals surface area contributed by atoms with E-state index in [-0.39, 0.29) is 4.90 Å². The van der Waals surface area contributed by atoms with Crippen molar-refractivity contribution in [2.75, 3.05) is 6.61 Å². The number of rotatable bonds is 6. The minimum Gasteiger partial charge on any atom is -0.493 e. The molecule has 2 N–H and O–H groups in total. The van der Waals surface area contributed by atoms with Crippen LogP contribution in [0.3, 0.4) is 0 Å². The van der Waals surface area contributed by atoms with E-state index in [1.165, 1.54) is 12.3 Å². The Labute approximate surface area is 118 Å². The summed E-state index contributed by atoms with van der Waals surface area (Å²) >= 11 is 0. The summed E-state index contributed by atoms with van der Waals surface area (Å²) < 4.78 is 28.8. The molecule has 6 heteroatoms. The van der Waals surface area contributed by atoms with Gasteiger partial charge in [-0.3, -0.25) is 4.98 Å². The number of pyridine rings is 1. The number of fused-ring (bicyclic) bond motifs is 1. The standard InChI is InChI=1S/C14H16N2O3S/c1-2-3-4-10-19-12-7-8-13(20(15,17)18)14-11(12)6-5-9-16-14/h2,5-9H,1,3-4,10H2,(H2,15,17,18). The Morgan fingerprint density at radius 2 is 2.15 bits per heavy atom. The minimum atomic E-state index is -3.81. The molecule has 0 spiro atoms. The second kappa shape index (κ2) is 6.02. The zero-order chi connectivity index (χ0) is 14.6. The van der Waals surface area contributed by atoms with Crippen molar-refractivity contribution in [3.05, 3.63) is 43.1 Å². The quantitative estimate of drug-likeness (QED) is 0.653. The van der Waals surface area contributed by atoms with Gasteiger partial charge in [0.05, 0.1) is 12.1 Å². The lowest BCUT2D eigenvalue weighted by molar-refractivity contribution is 0.315. The second-order valence-electron chi connectivity index (χ2n) is 4.29. The molecule has 0 aliphatic carbocycles. The zero-order valence-electron chi connectivity index (χ0n) is 11.0. The molecule has 1 aromatic heterocycles. The number of ether oxygens (including phenoxy) is 1. The molecule has 0 bridgehead atoms. The van der Waals surface area contributed by atoms with E-state index in [9.17, 15) is 8.42 Å². The molecule has 2 rings (SSSR count). The van der Waals surface area contributed by atoms with Gasteiger partial charge in [0.1, 0.15) is 10.6 Å². The van der Waals surface area contributed by atoms with Gasteiger partial charge in [-0.05, 0) is 37.1 Å². The first-order chi connectivity index (χ1) is 9.54. The van der Waals surface area contributed by atoms with Crippen LogP contribution < -0.4 is 9.88 Å². The third kappa shape index (κ3) is 3.15. The number of nitrogens with two attached hydrogens (primary N) is 1. The summed E-state index contributed by atoms with van der Waals surface area (Å²) in [4.78, 5) is 4.10. The van der Waals surface area contributed by atoms with Gasteiger partial charge in [-0.2, -0.15) is 0 Å². The fraction of sp³-hybridized carbons (Fsp3) is 0.214. The van der Waals surface area contributed by atoms with Crippen LogP contribution in [0.15, 0.2) is 48.0 Å². The molecular formula is C14H16N2O3S. The summed E-state index contributed by atoms with van der Waals surface area (Å²) in [5.41, 5.74) is 0.330. The lowest BCUT2D eigenvalue weighted by Gasteiger charge is -2.10. The maximum absolute atomic E-state index is 11.5. The first-order valence-corrected chi connectivity index (χ1v) is 7.73. The first kappa shape index (κ1) is 14.5. The topological polar surface area (TPSA) is 82.3 Å². The van der Waals surface area contributed by atoms with E-state index in [4.69, 9.17) is 9.88 Å². The van der Waals surface area contributed by atoms with Crippen molar-refractivity contribution in [3.8, 4) is 5.75 Å². The Kier molecular flexibility index (Phi) is 4.36. The molecule has 0 saturated heterocycles. The molecule has 0 saturated carbocycles. The van der Waals surface area contributed by atoms with Gasteiger partial charge >= 0.3 is 0 Å². The number of nitrogens with zero attached hydrogens (tertiary/aromatic N) is 1. The molecule has 0 unspecified atom stereocenters. The van der Waals surface area contributed by atoms with E-state index in [0.29, 0.717) is 23.3 Å². The summed E-state index contributed by atoms with van der Waals surface area (Å²) in [5, 5.41) is 5.83. The molecule has 1 aromatic carbocycles. The van der Waals surface area contributed by atoms with E-state index in [1.54, 1.807) is 18.2 Å². The van der Waals surface area contributed by atoms with Crippen LogP contribution >= 0.6 is 0 Å². The van der Waals surface area contributed by atoms with Crippen LogP contribution in [0.5, 0.6) is 5.75 Å². The van der Waals surface area contributed by atoms with Gasteiger partial charge in [0.25, 0.3) is 0 Å². The molecule has 0 radical (unpaired) electrons. The Morgan fingerprint density at radius 3 is 2.85 bits per heavy atom. The molecule has 1 heterocycles. The average molecular weight is 292 g/mol. The lowest BCUT2D eigenvalue weighted by atomic mass is 10.2. The van der Waals surface area contributed by atoms with Crippen molar-refractivity contribution < 1.29 is 13.2 Å². The third-order valence-electron chi connectivity index (χ3n) is 2.81. The molecule has 0 aliphatic heterocycles. The molecule has 5 nitrogen and oxygen atoms in total. The summed E-state index contributed by atoms with van der Waals surface area (Å²) in [7, 11) is -3.81. The van der Waals surface area contributed by atoms with Gasteiger partial charge in [0.2, 0.25) is 10.0 Å². The van der Waals surface area contributed by atoms with Gasteiger partial charge in [0, 0.05) is 11.6 Å². The third-order valence-corrected chi connectivity index (χ3v) is 3.75. The lowest BCUT2D eigenvalue weighted by Crippen LogP contribution is -2.13. The van der Waals surface area contributed by atoms with E-state index in [1.807, 2.05) is 6.08 Å². The highest BCUT2D eigenvalue weighted by Crippen LogP contribution is 2.29. The molecule has 106 valence electrons. The van der Waals surface area contributed by atoms with Crippen LogP contribution in [0.25, 0.3) is 10.9 Å². The largest absolute Gasteiger partial charge is 0.493 e. The fourth-order valence-corrected chi connectivity index (χ4v) is 2.58. The maximum atomic E-state index is 11.5. The Hall–Kier alpha value is -1.92. The molecular weight excluding hydrogens is 276 g/mol. The number of sulfonamides is 1. The average Bonchev–Trinajstić information content (AvgIpc) is 2.42. The van der Waals surface area contributed by atoms with Crippen molar-refractivity contribution in [2.24, 2.45) is 5.14 Å². The number of hydrogen-bond acceptors (Lipinski definition) is 4. The van der Waals surface area contributed by atoms with Gasteiger partial charge in [0.15, 0.2) is 0 Å².